The van der Waals surface area contributed by atoms with Gasteiger partial charge in [-0.05, 0) is 37.1 Å². The Morgan fingerprint density at radius 3 is 2.24 bits per heavy atom. The van der Waals surface area contributed by atoms with Crippen LogP contribution in [0.1, 0.15) is 33.1 Å². The molecule has 1 rings (SSSR count). The molecular weight excluding hydrogens is 214 g/mol. The first kappa shape index (κ1) is 13.8. The third kappa shape index (κ3) is 5.09. The lowest BCUT2D eigenvalue weighted by Gasteiger charge is -2.16. The standard InChI is InChI=1S/C14H23NO2/c1-3-5-14(11-15)17-13-8-6-12(7-9-13)16-10-4-2/h6-9,14H,3-5,10-11,15H2,1-2H3. The van der Waals surface area contributed by atoms with E-state index in [-0.39, 0.29) is 6.10 Å². The molecule has 1 atom stereocenters. The van der Waals surface area contributed by atoms with Crippen LogP contribution < -0.4 is 15.2 Å². The van der Waals surface area contributed by atoms with Crippen molar-refractivity contribution >= 4 is 0 Å². The topological polar surface area (TPSA) is 44.5 Å². The quantitative estimate of drug-likeness (QED) is 0.756. The van der Waals surface area contributed by atoms with E-state index in [9.17, 15) is 0 Å². The lowest BCUT2D eigenvalue weighted by molar-refractivity contribution is 0.197. The Balaban J connectivity index is 2.49. The van der Waals surface area contributed by atoms with Crippen molar-refractivity contribution in [2.45, 2.75) is 39.2 Å². The van der Waals surface area contributed by atoms with Gasteiger partial charge in [-0.1, -0.05) is 20.3 Å². The van der Waals surface area contributed by atoms with Crippen molar-refractivity contribution in [2.75, 3.05) is 13.2 Å². The van der Waals surface area contributed by atoms with Gasteiger partial charge < -0.3 is 15.2 Å². The normalized spacial score (nSPS) is 12.2. The molecule has 0 aliphatic heterocycles. The number of hydrogen-bond donors (Lipinski definition) is 1. The Morgan fingerprint density at radius 2 is 1.71 bits per heavy atom. The summed E-state index contributed by atoms with van der Waals surface area (Å²) in [5.74, 6) is 1.75. The van der Waals surface area contributed by atoms with Crippen molar-refractivity contribution in [3.63, 3.8) is 0 Å². The van der Waals surface area contributed by atoms with Crippen molar-refractivity contribution < 1.29 is 9.47 Å². The summed E-state index contributed by atoms with van der Waals surface area (Å²) in [5, 5.41) is 0. The molecular formula is C14H23NO2. The predicted octanol–water partition coefficient (Wildman–Crippen LogP) is 2.98. The Morgan fingerprint density at radius 1 is 1.06 bits per heavy atom. The van der Waals surface area contributed by atoms with Crippen molar-refractivity contribution in [3.05, 3.63) is 24.3 Å². The summed E-state index contributed by atoms with van der Waals surface area (Å²) in [6.45, 7) is 5.53. The van der Waals surface area contributed by atoms with Crippen LogP contribution in [0.2, 0.25) is 0 Å². The zero-order valence-corrected chi connectivity index (χ0v) is 10.8. The third-order valence-corrected chi connectivity index (χ3v) is 2.47. The summed E-state index contributed by atoms with van der Waals surface area (Å²) in [7, 11) is 0. The van der Waals surface area contributed by atoms with Crippen LogP contribution >= 0.6 is 0 Å². The SMILES string of the molecule is CCCOc1ccc(OC(CN)CCC)cc1. The van der Waals surface area contributed by atoms with Crippen LogP contribution in [-0.2, 0) is 0 Å². The van der Waals surface area contributed by atoms with E-state index in [1.807, 2.05) is 24.3 Å². The van der Waals surface area contributed by atoms with Crippen molar-refractivity contribution in [1.29, 1.82) is 0 Å². The average Bonchev–Trinajstić information content (AvgIpc) is 2.37. The van der Waals surface area contributed by atoms with E-state index in [1.54, 1.807) is 0 Å². The Hall–Kier alpha value is -1.22. The summed E-state index contributed by atoms with van der Waals surface area (Å²) < 4.78 is 11.3. The minimum absolute atomic E-state index is 0.113. The molecule has 0 amide bonds. The van der Waals surface area contributed by atoms with E-state index in [1.165, 1.54) is 0 Å². The van der Waals surface area contributed by atoms with Gasteiger partial charge in [-0.25, -0.2) is 0 Å². The molecule has 0 fully saturated rings. The summed E-state index contributed by atoms with van der Waals surface area (Å²) in [4.78, 5) is 0. The van der Waals surface area contributed by atoms with Gasteiger partial charge in [-0.3, -0.25) is 0 Å². The molecule has 96 valence electrons. The smallest absolute Gasteiger partial charge is 0.120 e. The Kier molecular flexibility index (Phi) is 6.48. The monoisotopic (exact) mass is 237 g/mol. The molecule has 3 nitrogen and oxygen atoms in total. The van der Waals surface area contributed by atoms with Gasteiger partial charge in [0.15, 0.2) is 0 Å². The second-order valence-electron chi connectivity index (χ2n) is 4.08. The summed E-state index contributed by atoms with van der Waals surface area (Å²) >= 11 is 0. The Bertz CT molecular complexity index is 298. The second-order valence-corrected chi connectivity index (χ2v) is 4.08. The number of rotatable bonds is 8. The molecule has 0 saturated heterocycles. The molecule has 17 heavy (non-hydrogen) atoms. The molecule has 1 aromatic rings. The third-order valence-electron chi connectivity index (χ3n) is 2.47. The van der Waals surface area contributed by atoms with Gasteiger partial charge in [-0.15, -0.1) is 0 Å². The summed E-state index contributed by atoms with van der Waals surface area (Å²) in [6, 6.07) is 7.74. The number of benzene rings is 1. The van der Waals surface area contributed by atoms with Crippen LogP contribution in [0.25, 0.3) is 0 Å². The molecule has 0 bridgehead atoms. The fraction of sp³-hybridized carbons (Fsp3) is 0.571. The molecule has 0 aliphatic rings. The van der Waals surface area contributed by atoms with Crippen LogP contribution in [0, 0.1) is 0 Å². The van der Waals surface area contributed by atoms with Crippen molar-refractivity contribution in [3.8, 4) is 11.5 Å². The van der Waals surface area contributed by atoms with Crippen LogP contribution in [0.3, 0.4) is 0 Å². The van der Waals surface area contributed by atoms with E-state index < -0.39 is 0 Å². The average molecular weight is 237 g/mol. The largest absolute Gasteiger partial charge is 0.494 e. The minimum Gasteiger partial charge on any atom is -0.494 e. The van der Waals surface area contributed by atoms with Gasteiger partial charge in [0.1, 0.15) is 17.6 Å². The fourth-order valence-corrected chi connectivity index (χ4v) is 1.57. The highest BCUT2D eigenvalue weighted by molar-refractivity contribution is 5.31. The Labute approximate surface area is 104 Å². The van der Waals surface area contributed by atoms with Gasteiger partial charge >= 0.3 is 0 Å². The van der Waals surface area contributed by atoms with E-state index in [4.69, 9.17) is 15.2 Å². The molecule has 0 saturated carbocycles. The van der Waals surface area contributed by atoms with Gasteiger partial charge in [-0.2, -0.15) is 0 Å². The molecule has 0 spiro atoms. The van der Waals surface area contributed by atoms with Gasteiger partial charge in [0.05, 0.1) is 6.61 Å². The zero-order chi connectivity index (χ0) is 12.5. The first-order valence-electron chi connectivity index (χ1n) is 6.39. The lowest BCUT2D eigenvalue weighted by atomic mass is 10.2. The highest BCUT2D eigenvalue weighted by atomic mass is 16.5. The number of nitrogens with two attached hydrogens (primary N) is 1. The number of hydrogen-bond acceptors (Lipinski definition) is 3. The molecule has 0 radical (unpaired) electrons. The van der Waals surface area contributed by atoms with Crippen LogP contribution in [0.5, 0.6) is 11.5 Å². The molecule has 2 N–H and O–H groups in total. The van der Waals surface area contributed by atoms with E-state index in [0.29, 0.717) is 6.54 Å². The first-order valence-corrected chi connectivity index (χ1v) is 6.39. The van der Waals surface area contributed by atoms with Crippen LogP contribution in [-0.4, -0.2) is 19.3 Å². The van der Waals surface area contributed by atoms with Gasteiger partial charge in [0, 0.05) is 6.54 Å². The van der Waals surface area contributed by atoms with Crippen LogP contribution in [0.15, 0.2) is 24.3 Å². The predicted molar refractivity (Wildman–Crippen MR) is 70.6 cm³/mol. The molecule has 1 unspecified atom stereocenters. The minimum atomic E-state index is 0.113. The van der Waals surface area contributed by atoms with Gasteiger partial charge in [0.2, 0.25) is 0 Å². The van der Waals surface area contributed by atoms with E-state index in [0.717, 1.165) is 37.4 Å². The highest BCUT2D eigenvalue weighted by Gasteiger charge is 2.06. The fourth-order valence-electron chi connectivity index (χ4n) is 1.57. The summed E-state index contributed by atoms with van der Waals surface area (Å²) in [6.07, 6.45) is 3.20. The number of ether oxygens (including phenoxy) is 2. The van der Waals surface area contributed by atoms with Crippen molar-refractivity contribution in [1.82, 2.24) is 0 Å². The first-order chi connectivity index (χ1) is 8.30. The maximum atomic E-state index is 5.78. The maximum Gasteiger partial charge on any atom is 0.120 e. The lowest BCUT2D eigenvalue weighted by Crippen LogP contribution is -2.26. The highest BCUT2D eigenvalue weighted by Crippen LogP contribution is 2.19. The molecule has 3 heteroatoms. The zero-order valence-electron chi connectivity index (χ0n) is 10.8. The van der Waals surface area contributed by atoms with Gasteiger partial charge in [0.25, 0.3) is 0 Å². The van der Waals surface area contributed by atoms with E-state index in [2.05, 4.69) is 13.8 Å². The van der Waals surface area contributed by atoms with Crippen LogP contribution in [0.4, 0.5) is 0 Å². The van der Waals surface area contributed by atoms with E-state index >= 15 is 0 Å². The second kappa shape index (κ2) is 7.96. The van der Waals surface area contributed by atoms with Crippen molar-refractivity contribution in [2.24, 2.45) is 5.73 Å². The molecule has 0 aliphatic carbocycles. The molecule has 0 aromatic heterocycles. The summed E-state index contributed by atoms with van der Waals surface area (Å²) in [5.41, 5.74) is 5.65. The molecule has 1 aromatic carbocycles. The molecule has 0 heterocycles. The maximum absolute atomic E-state index is 5.78.